The van der Waals surface area contributed by atoms with Gasteiger partial charge in [0.2, 0.25) is 5.91 Å². The number of hydrogen-bond acceptors (Lipinski definition) is 5. The molecule has 0 bridgehead atoms. The van der Waals surface area contributed by atoms with E-state index in [1.807, 2.05) is 38.1 Å². The lowest BCUT2D eigenvalue weighted by atomic mass is 10.0. The fraction of sp³-hybridized carbons (Fsp3) is 0.240. The Labute approximate surface area is 186 Å². The molecule has 2 aromatic carbocycles. The summed E-state index contributed by atoms with van der Waals surface area (Å²) in [7, 11) is 1.60. The zero-order chi connectivity index (χ0) is 22.7. The third-order valence-electron chi connectivity index (χ3n) is 5.30. The minimum Gasteiger partial charge on any atom is -0.497 e. The molecule has 0 spiro atoms. The lowest BCUT2D eigenvalue weighted by Crippen LogP contribution is -2.33. The third-order valence-corrected chi connectivity index (χ3v) is 5.30. The molecule has 0 radical (unpaired) electrons. The minimum absolute atomic E-state index is 0.249. The van der Waals surface area contributed by atoms with Crippen LogP contribution < -0.4 is 14.8 Å². The summed E-state index contributed by atoms with van der Waals surface area (Å²) in [5.41, 5.74) is 4.28. The van der Waals surface area contributed by atoms with Gasteiger partial charge in [-0.2, -0.15) is 0 Å². The van der Waals surface area contributed by atoms with Crippen molar-refractivity contribution in [3.63, 3.8) is 0 Å². The van der Waals surface area contributed by atoms with Crippen LogP contribution >= 0.6 is 0 Å². The van der Waals surface area contributed by atoms with Gasteiger partial charge < -0.3 is 14.8 Å². The van der Waals surface area contributed by atoms with Crippen LogP contribution in [0.5, 0.6) is 11.5 Å². The predicted octanol–water partition coefficient (Wildman–Crippen LogP) is 4.04. The molecule has 1 amide bonds. The Morgan fingerprint density at radius 1 is 1.25 bits per heavy atom. The molecule has 2 heterocycles. The van der Waals surface area contributed by atoms with E-state index in [-0.39, 0.29) is 24.4 Å². The van der Waals surface area contributed by atoms with E-state index >= 15 is 0 Å². The molecule has 6 nitrogen and oxygen atoms in total. The van der Waals surface area contributed by atoms with Gasteiger partial charge in [0.05, 0.1) is 30.7 Å². The Morgan fingerprint density at radius 3 is 2.78 bits per heavy atom. The topological polar surface area (TPSA) is 73.3 Å². The molecule has 1 aliphatic heterocycles. The molecule has 4 rings (SSSR count). The first-order valence-corrected chi connectivity index (χ1v) is 10.3. The third kappa shape index (κ3) is 4.61. The van der Waals surface area contributed by atoms with E-state index in [9.17, 15) is 9.18 Å². The number of nitrogens with one attached hydrogen (secondary N) is 1. The number of aromatic nitrogens is 2. The Bertz CT molecular complexity index is 1180. The van der Waals surface area contributed by atoms with Crippen LogP contribution in [0.25, 0.3) is 17.3 Å². The molecule has 7 heteroatoms. The highest BCUT2D eigenvalue weighted by Gasteiger charge is 2.30. The summed E-state index contributed by atoms with van der Waals surface area (Å²) >= 11 is 0. The molecule has 0 aliphatic carbocycles. The second kappa shape index (κ2) is 9.18. The van der Waals surface area contributed by atoms with Gasteiger partial charge in [-0.3, -0.25) is 9.78 Å². The normalized spacial score (nSPS) is 14.8. The van der Waals surface area contributed by atoms with Gasteiger partial charge in [-0.1, -0.05) is 12.1 Å². The zero-order valence-corrected chi connectivity index (χ0v) is 18.2. The van der Waals surface area contributed by atoms with Gasteiger partial charge in [0.25, 0.3) is 0 Å². The lowest BCUT2D eigenvalue weighted by Gasteiger charge is -2.13. The van der Waals surface area contributed by atoms with Crippen molar-refractivity contribution in [2.24, 2.45) is 0 Å². The van der Waals surface area contributed by atoms with E-state index in [0.29, 0.717) is 29.0 Å². The smallest absolute Gasteiger partial charge is 0.244 e. The van der Waals surface area contributed by atoms with Gasteiger partial charge in [-0.15, -0.1) is 0 Å². The molecule has 1 N–H and O–H groups in total. The molecule has 3 aromatic rings. The summed E-state index contributed by atoms with van der Waals surface area (Å²) in [6.45, 7) is 3.98. The maximum atomic E-state index is 14.5. The summed E-state index contributed by atoms with van der Waals surface area (Å²) in [5, 5.41) is 2.83. The van der Waals surface area contributed by atoms with E-state index in [1.165, 1.54) is 12.1 Å². The SMILES string of the molecule is COc1ccc(/C=C/C(=O)NCC2Cc3c(F)ccc(-c4nc(C)cnc4C)c3O2)cc1. The molecule has 1 unspecified atom stereocenters. The first-order valence-electron chi connectivity index (χ1n) is 10.3. The van der Waals surface area contributed by atoms with Crippen molar-refractivity contribution in [3.05, 3.63) is 77.0 Å². The number of ether oxygens (including phenoxy) is 2. The summed E-state index contributed by atoms with van der Waals surface area (Å²) in [6, 6.07) is 10.5. The number of fused-ring (bicyclic) bond motifs is 1. The number of nitrogens with zero attached hydrogens (tertiary/aromatic N) is 2. The van der Waals surface area contributed by atoms with Crippen LogP contribution in [0.15, 0.2) is 48.7 Å². The van der Waals surface area contributed by atoms with Crippen LogP contribution in [0.2, 0.25) is 0 Å². The molecule has 32 heavy (non-hydrogen) atoms. The van der Waals surface area contributed by atoms with Crippen LogP contribution in [-0.2, 0) is 11.2 Å². The fourth-order valence-electron chi connectivity index (χ4n) is 3.62. The van der Waals surface area contributed by atoms with Crippen LogP contribution in [0.4, 0.5) is 4.39 Å². The highest BCUT2D eigenvalue weighted by atomic mass is 19.1. The molecule has 1 aliphatic rings. The van der Waals surface area contributed by atoms with Crippen molar-refractivity contribution in [2.75, 3.05) is 13.7 Å². The van der Waals surface area contributed by atoms with Gasteiger partial charge in [0, 0.05) is 29.8 Å². The summed E-state index contributed by atoms with van der Waals surface area (Å²) in [5.74, 6) is 0.653. The number of hydrogen-bond donors (Lipinski definition) is 1. The van der Waals surface area contributed by atoms with E-state index in [2.05, 4.69) is 15.3 Å². The second-order valence-corrected chi connectivity index (χ2v) is 7.64. The maximum Gasteiger partial charge on any atom is 0.244 e. The van der Waals surface area contributed by atoms with E-state index in [0.717, 1.165) is 22.7 Å². The van der Waals surface area contributed by atoms with Crippen LogP contribution in [0, 0.1) is 19.7 Å². The van der Waals surface area contributed by atoms with Crippen LogP contribution in [0.3, 0.4) is 0 Å². The average molecular weight is 433 g/mol. The number of carbonyl (C=O) groups is 1. The molecule has 0 fully saturated rings. The van der Waals surface area contributed by atoms with Crippen molar-refractivity contribution in [1.29, 1.82) is 0 Å². The van der Waals surface area contributed by atoms with Gasteiger partial charge in [-0.05, 0) is 49.8 Å². The van der Waals surface area contributed by atoms with Gasteiger partial charge in [0.1, 0.15) is 23.4 Å². The number of rotatable bonds is 6. The zero-order valence-electron chi connectivity index (χ0n) is 18.2. The Morgan fingerprint density at radius 2 is 2.03 bits per heavy atom. The molecule has 1 aromatic heterocycles. The Kier molecular flexibility index (Phi) is 6.16. The van der Waals surface area contributed by atoms with Crippen molar-refractivity contribution < 1.29 is 18.7 Å². The summed E-state index contributed by atoms with van der Waals surface area (Å²) in [4.78, 5) is 21.2. The number of aryl methyl sites for hydroxylation is 2. The molecule has 0 saturated heterocycles. The van der Waals surface area contributed by atoms with Crippen LogP contribution in [-0.4, -0.2) is 35.6 Å². The van der Waals surface area contributed by atoms with Gasteiger partial charge >= 0.3 is 0 Å². The highest BCUT2D eigenvalue weighted by molar-refractivity contribution is 5.91. The van der Waals surface area contributed by atoms with Gasteiger partial charge in [-0.25, -0.2) is 9.37 Å². The maximum absolute atomic E-state index is 14.5. The van der Waals surface area contributed by atoms with Crippen LogP contribution in [0.1, 0.15) is 22.5 Å². The first kappa shape index (κ1) is 21.5. The Hall–Kier alpha value is -3.74. The standard InChI is InChI=1S/C25H24FN3O3/c1-15-13-27-16(2)24(29-15)20-9-10-22(26)21-12-19(32-25(20)21)14-28-23(30)11-6-17-4-7-18(31-3)8-5-17/h4-11,13,19H,12,14H2,1-3H3,(H,28,30)/b11-6+. The monoisotopic (exact) mass is 433 g/mol. The quantitative estimate of drug-likeness (QED) is 0.594. The predicted molar refractivity (Wildman–Crippen MR) is 120 cm³/mol. The Balaban J connectivity index is 1.43. The molecule has 164 valence electrons. The van der Waals surface area contributed by atoms with E-state index in [1.54, 1.807) is 25.4 Å². The number of carbonyl (C=O) groups excluding carboxylic acids is 1. The average Bonchev–Trinajstić information content (AvgIpc) is 3.24. The van der Waals surface area contributed by atoms with E-state index < -0.39 is 0 Å². The number of amides is 1. The lowest BCUT2D eigenvalue weighted by molar-refractivity contribution is -0.116. The fourth-order valence-corrected chi connectivity index (χ4v) is 3.62. The summed E-state index contributed by atoms with van der Waals surface area (Å²) in [6.07, 6.45) is 4.88. The second-order valence-electron chi connectivity index (χ2n) is 7.64. The van der Waals surface area contributed by atoms with Crippen molar-refractivity contribution in [1.82, 2.24) is 15.3 Å². The van der Waals surface area contributed by atoms with Crippen molar-refractivity contribution >= 4 is 12.0 Å². The number of methoxy groups -OCH3 is 1. The highest BCUT2D eigenvalue weighted by Crippen LogP contribution is 2.40. The van der Waals surface area contributed by atoms with Gasteiger partial charge in [0.15, 0.2) is 0 Å². The number of benzene rings is 2. The molecule has 0 saturated carbocycles. The molecule has 1 atom stereocenters. The largest absolute Gasteiger partial charge is 0.497 e. The number of halogens is 1. The first-order chi connectivity index (χ1) is 15.4. The van der Waals surface area contributed by atoms with Crippen molar-refractivity contribution in [3.8, 4) is 22.8 Å². The minimum atomic E-state index is -0.364. The molecular formula is C25H24FN3O3. The summed E-state index contributed by atoms with van der Waals surface area (Å²) < 4.78 is 25.6. The molecular weight excluding hydrogens is 409 g/mol. The van der Waals surface area contributed by atoms with Crippen molar-refractivity contribution in [2.45, 2.75) is 26.4 Å². The van der Waals surface area contributed by atoms with E-state index in [4.69, 9.17) is 9.47 Å².